The average Bonchev–Trinajstić information content (AvgIpc) is 2.75. The lowest BCUT2D eigenvalue weighted by Gasteiger charge is -2.47. The monoisotopic (exact) mass is 423 g/mol. The number of rotatable bonds is 4. The van der Waals surface area contributed by atoms with Crippen LogP contribution in [0.3, 0.4) is 0 Å². The molecule has 0 radical (unpaired) electrons. The number of ether oxygens (including phenoxy) is 2. The normalized spacial score (nSPS) is 27.2. The molecule has 1 amide bonds. The van der Waals surface area contributed by atoms with E-state index in [0.717, 1.165) is 37.7 Å². The van der Waals surface area contributed by atoms with E-state index < -0.39 is 15.8 Å². The lowest BCUT2D eigenvalue weighted by atomic mass is 10.0. The van der Waals surface area contributed by atoms with Crippen molar-refractivity contribution in [3.8, 4) is 0 Å². The van der Waals surface area contributed by atoms with Crippen LogP contribution in [0.4, 0.5) is 0 Å². The molecule has 0 aromatic carbocycles. The summed E-state index contributed by atoms with van der Waals surface area (Å²) < 4.78 is 39.7. The van der Waals surface area contributed by atoms with Crippen LogP contribution in [-0.4, -0.2) is 78.9 Å². The average molecular weight is 424 g/mol. The van der Waals surface area contributed by atoms with Crippen molar-refractivity contribution in [2.75, 3.05) is 39.4 Å². The van der Waals surface area contributed by atoms with Crippen LogP contribution in [0.2, 0.25) is 0 Å². The molecule has 0 N–H and O–H groups in total. The van der Waals surface area contributed by atoms with Crippen LogP contribution < -0.4 is 0 Å². The van der Waals surface area contributed by atoms with E-state index in [4.69, 9.17) is 9.47 Å². The minimum atomic E-state index is -3.39. The van der Waals surface area contributed by atoms with Crippen molar-refractivity contribution in [3.05, 3.63) is 30.1 Å². The molecule has 1 aromatic heterocycles. The molecule has 3 aliphatic rings. The minimum absolute atomic E-state index is 0.0310. The smallest absolute Gasteiger partial charge is 0.227 e. The van der Waals surface area contributed by atoms with Gasteiger partial charge in [0.25, 0.3) is 0 Å². The zero-order valence-corrected chi connectivity index (χ0v) is 17.5. The van der Waals surface area contributed by atoms with Gasteiger partial charge in [-0.15, -0.1) is 0 Å². The first-order valence-electron chi connectivity index (χ1n) is 10.4. The number of nitrogens with zero attached hydrogens (tertiary/aromatic N) is 3. The Balaban J connectivity index is 1.43. The summed E-state index contributed by atoms with van der Waals surface area (Å²) >= 11 is 0. The third-order valence-electron chi connectivity index (χ3n) is 6.05. The molecule has 4 rings (SSSR count). The Kier molecular flexibility index (Phi) is 6.19. The largest absolute Gasteiger partial charge is 0.346 e. The van der Waals surface area contributed by atoms with E-state index in [9.17, 15) is 13.2 Å². The standard InChI is InChI=1S/C20H29N3O5S/c24-19(13-17-5-4-8-21-14-17)22-9-11-27-20(15-22)16-23(10-12-28-20)29(25,26)18-6-2-1-3-7-18/h4-5,8,14,18H,1-3,6-7,9-13,15-16H2. The zero-order valence-electron chi connectivity index (χ0n) is 16.7. The Morgan fingerprint density at radius 1 is 1.14 bits per heavy atom. The van der Waals surface area contributed by atoms with Gasteiger partial charge in [0, 0.05) is 25.5 Å². The first-order valence-corrected chi connectivity index (χ1v) is 11.9. The summed E-state index contributed by atoms with van der Waals surface area (Å²) in [5.74, 6) is -1.11. The lowest BCUT2D eigenvalue weighted by Crippen LogP contribution is -2.64. The van der Waals surface area contributed by atoms with Crippen LogP contribution in [0.15, 0.2) is 24.5 Å². The van der Waals surface area contributed by atoms with Crippen LogP contribution in [0, 0.1) is 0 Å². The molecule has 2 aliphatic heterocycles. The second-order valence-electron chi connectivity index (χ2n) is 8.10. The van der Waals surface area contributed by atoms with E-state index >= 15 is 0 Å². The van der Waals surface area contributed by atoms with E-state index in [1.165, 1.54) is 4.31 Å². The van der Waals surface area contributed by atoms with Crippen LogP contribution in [0.1, 0.15) is 37.7 Å². The van der Waals surface area contributed by atoms with E-state index in [1.807, 2.05) is 12.1 Å². The highest BCUT2D eigenvalue weighted by Crippen LogP contribution is 2.31. The van der Waals surface area contributed by atoms with Crippen molar-refractivity contribution in [1.29, 1.82) is 0 Å². The number of morpholine rings is 2. The number of hydrogen-bond donors (Lipinski definition) is 0. The molecule has 1 saturated carbocycles. The predicted molar refractivity (Wildman–Crippen MR) is 107 cm³/mol. The summed E-state index contributed by atoms with van der Waals surface area (Å²) in [5, 5.41) is -0.307. The first kappa shape index (κ1) is 20.7. The molecule has 3 fully saturated rings. The third kappa shape index (κ3) is 4.63. The van der Waals surface area contributed by atoms with Gasteiger partial charge in [0.05, 0.1) is 38.0 Å². The number of hydrogen-bond acceptors (Lipinski definition) is 6. The van der Waals surface area contributed by atoms with Crippen LogP contribution in [0.5, 0.6) is 0 Å². The Morgan fingerprint density at radius 2 is 1.90 bits per heavy atom. The first-order chi connectivity index (χ1) is 14.0. The highest BCUT2D eigenvalue weighted by Gasteiger charge is 2.47. The van der Waals surface area contributed by atoms with Crippen molar-refractivity contribution in [3.63, 3.8) is 0 Å². The van der Waals surface area contributed by atoms with Crippen molar-refractivity contribution in [2.45, 2.75) is 49.6 Å². The molecule has 2 saturated heterocycles. The SMILES string of the molecule is O=C(Cc1cccnc1)N1CCOC2(C1)CN(S(=O)(=O)C1CCCCC1)CCO2. The summed E-state index contributed by atoms with van der Waals surface area (Å²) in [7, 11) is -3.39. The summed E-state index contributed by atoms with van der Waals surface area (Å²) in [5.41, 5.74) is 0.851. The fourth-order valence-electron chi connectivity index (χ4n) is 4.46. The fourth-order valence-corrected chi connectivity index (χ4v) is 6.52. The summed E-state index contributed by atoms with van der Waals surface area (Å²) in [6.45, 7) is 1.80. The van der Waals surface area contributed by atoms with Crippen molar-refractivity contribution < 1.29 is 22.7 Å². The Bertz CT molecular complexity index is 809. The molecular formula is C20H29N3O5S. The van der Waals surface area contributed by atoms with E-state index in [-0.39, 0.29) is 37.3 Å². The van der Waals surface area contributed by atoms with E-state index in [2.05, 4.69) is 4.98 Å². The molecule has 1 unspecified atom stereocenters. The molecule has 8 nitrogen and oxygen atoms in total. The lowest BCUT2D eigenvalue weighted by molar-refractivity contribution is -0.281. The second kappa shape index (κ2) is 8.67. The number of carbonyl (C=O) groups is 1. The molecule has 160 valence electrons. The predicted octanol–water partition coefficient (Wildman–Crippen LogP) is 1.17. The number of aromatic nitrogens is 1. The zero-order chi connectivity index (χ0) is 20.3. The van der Waals surface area contributed by atoms with Gasteiger partial charge in [-0.05, 0) is 24.5 Å². The quantitative estimate of drug-likeness (QED) is 0.722. The molecule has 1 atom stereocenters. The molecule has 0 bridgehead atoms. The Morgan fingerprint density at radius 3 is 2.62 bits per heavy atom. The van der Waals surface area contributed by atoms with Gasteiger partial charge in [-0.3, -0.25) is 9.78 Å². The van der Waals surface area contributed by atoms with E-state index in [1.54, 1.807) is 17.3 Å². The van der Waals surface area contributed by atoms with Gasteiger partial charge in [-0.25, -0.2) is 8.42 Å². The number of pyridine rings is 1. The summed E-state index contributed by atoms with van der Waals surface area (Å²) in [4.78, 5) is 18.5. The Labute approximate surface area is 172 Å². The maximum Gasteiger partial charge on any atom is 0.227 e. The van der Waals surface area contributed by atoms with Crippen molar-refractivity contribution >= 4 is 15.9 Å². The maximum atomic E-state index is 13.2. The van der Waals surface area contributed by atoms with E-state index in [0.29, 0.717) is 19.7 Å². The fraction of sp³-hybridized carbons (Fsp3) is 0.700. The van der Waals surface area contributed by atoms with Crippen molar-refractivity contribution in [2.24, 2.45) is 0 Å². The van der Waals surface area contributed by atoms with Gasteiger partial charge >= 0.3 is 0 Å². The van der Waals surface area contributed by atoms with Gasteiger partial charge in [0.2, 0.25) is 15.9 Å². The topological polar surface area (TPSA) is 89.0 Å². The highest BCUT2D eigenvalue weighted by molar-refractivity contribution is 7.89. The molecule has 1 aliphatic carbocycles. The molecular weight excluding hydrogens is 394 g/mol. The molecule has 29 heavy (non-hydrogen) atoms. The van der Waals surface area contributed by atoms with Gasteiger partial charge in [-0.1, -0.05) is 25.3 Å². The summed E-state index contributed by atoms with van der Waals surface area (Å²) in [6, 6.07) is 3.68. The maximum absolute atomic E-state index is 13.2. The van der Waals surface area contributed by atoms with Gasteiger partial charge in [-0.2, -0.15) is 4.31 Å². The number of amides is 1. The van der Waals surface area contributed by atoms with Crippen LogP contribution >= 0.6 is 0 Å². The number of carbonyl (C=O) groups excluding carboxylic acids is 1. The van der Waals surface area contributed by atoms with Gasteiger partial charge in [0.15, 0.2) is 5.79 Å². The Hall–Kier alpha value is -1.55. The molecule has 1 aromatic rings. The van der Waals surface area contributed by atoms with Crippen LogP contribution in [0.25, 0.3) is 0 Å². The molecule has 3 heterocycles. The van der Waals surface area contributed by atoms with Gasteiger partial charge in [0.1, 0.15) is 0 Å². The minimum Gasteiger partial charge on any atom is -0.346 e. The van der Waals surface area contributed by atoms with Crippen molar-refractivity contribution in [1.82, 2.24) is 14.2 Å². The summed E-state index contributed by atoms with van der Waals surface area (Å²) in [6.07, 6.45) is 8.11. The molecule has 1 spiro atoms. The van der Waals surface area contributed by atoms with Crippen LogP contribution in [-0.2, 0) is 30.7 Å². The van der Waals surface area contributed by atoms with Gasteiger partial charge < -0.3 is 14.4 Å². The highest BCUT2D eigenvalue weighted by atomic mass is 32.2. The third-order valence-corrected chi connectivity index (χ3v) is 8.39. The number of sulfonamides is 1. The molecule has 9 heteroatoms. The second-order valence-corrected chi connectivity index (χ2v) is 10.3.